The van der Waals surface area contributed by atoms with Gasteiger partial charge in [-0.2, -0.15) is 0 Å². The van der Waals surface area contributed by atoms with E-state index in [4.69, 9.17) is 4.74 Å². The van der Waals surface area contributed by atoms with Gasteiger partial charge in [-0.05, 0) is 49.4 Å². The molecule has 112 valence electrons. The van der Waals surface area contributed by atoms with E-state index in [1.807, 2.05) is 26.0 Å². The molecule has 3 heteroatoms. The Labute approximate surface area is 122 Å². The largest absolute Gasteiger partial charge is 0.496 e. The summed E-state index contributed by atoms with van der Waals surface area (Å²) < 4.78 is 5.41. The molecule has 0 heterocycles. The Morgan fingerprint density at radius 1 is 1.30 bits per heavy atom. The van der Waals surface area contributed by atoms with Gasteiger partial charge in [0.05, 0.1) is 7.11 Å². The van der Waals surface area contributed by atoms with Gasteiger partial charge in [0.1, 0.15) is 5.75 Å². The fourth-order valence-electron chi connectivity index (χ4n) is 2.38. The number of benzene rings is 1. The lowest BCUT2D eigenvalue weighted by molar-refractivity contribution is 0.0937. The van der Waals surface area contributed by atoms with Crippen LogP contribution in [0.1, 0.15) is 67.9 Å². The normalized spacial score (nSPS) is 12.3. The molecule has 1 amide bonds. The molecule has 0 aromatic heterocycles. The number of hydrogen-bond donors (Lipinski definition) is 1. The van der Waals surface area contributed by atoms with Crippen LogP contribution in [0.5, 0.6) is 5.75 Å². The molecule has 0 bridgehead atoms. The van der Waals surface area contributed by atoms with E-state index in [1.54, 1.807) is 7.11 Å². The lowest BCUT2D eigenvalue weighted by Gasteiger charge is -2.18. The maximum Gasteiger partial charge on any atom is 0.251 e. The van der Waals surface area contributed by atoms with Crippen molar-refractivity contribution in [1.82, 2.24) is 5.32 Å². The van der Waals surface area contributed by atoms with E-state index in [1.165, 1.54) is 0 Å². The second kappa shape index (κ2) is 7.32. The van der Waals surface area contributed by atoms with Gasteiger partial charge >= 0.3 is 0 Å². The van der Waals surface area contributed by atoms with Crippen molar-refractivity contribution in [2.24, 2.45) is 0 Å². The van der Waals surface area contributed by atoms with E-state index >= 15 is 0 Å². The van der Waals surface area contributed by atoms with Crippen molar-refractivity contribution in [2.75, 3.05) is 7.11 Å². The van der Waals surface area contributed by atoms with Crippen LogP contribution in [0.25, 0.3) is 0 Å². The van der Waals surface area contributed by atoms with Crippen molar-refractivity contribution < 1.29 is 9.53 Å². The minimum Gasteiger partial charge on any atom is -0.496 e. The third-order valence-electron chi connectivity index (χ3n) is 3.54. The van der Waals surface area contributed by atoms with Gasteiger partial charge in [0.25, 0.3) is 5.91 Å². The first-order valence-electron chi connectivity index (χ1n) is 7.40. The molecule has 0 unspecified atom stereocenters. The summed E-state index contributed by atoms with van der Waals surface area (Å²) in [5.41, 5.74) is 2.77. The van der Waals surface area contributed by atoms with E-state index < -0.39 is 0 Å². The number of ether oxygens (including phenoxy) is 1. The minimum atomic E-state index is 0.00741. The lowest BCUT2D eigenvalue weighted by Crippen LogP contribution is -2.32. The summed E-state index contributed by atoms with van der Waals surface area (Å²) >= 11 is 0. The second-order valence-electron chi connectivity index (χ2n) is 5.73. The Morgan fingerprint density at radius 3 is 2.45 bits per heavy atom. The zero-order valence-electron chi connectivity index (χ0n) is 13.5. The fourth-order valence-corrected chi connectivity index (χ4v) is 2.38. The molecule has 20 heavy (non-hydrogen) atoms. The number of methoxy groups -OCH3 is 1. The third-order valence-corrected chi connectivity index (χ3v) is 3.54. The topological polar surface area (TPSA) is 38.3 Å². The molecule has 0 aliphatic rings. The molecule has 1 N–H and O–H groups in total. The fraction of sp³-hybridized carbons (Fsp3) is 0.588. The van der Waals surface area contributed by atoms with E-state index in [2.05, 4.69) is 26.1 Å². The minimum absolute atomic E-state index is 0.00741. The first-order valence-corrected chi connectivity index (χ1v) is 7.40. The van der Waals surface area contributed by atoms with Gasteiger partial charge in [-0.3, -0.25) is 4.79 Å². The predicted molar refractivity (Wildman–Crippen MR) is 83.7 cm³/mol. The van der Waals surface area contributed by atoms with Crippen molar-refractivity contribution in [2.45, 2.75) is 59.4 Å². The summed E-state index contributed by atoms with van der Waals surface area (Å²) in [5.74, 6) is 1.19. The SMILES string of the molecule is CCC[C@@H](C)NC(=O)c1cc(C(C)C)c(OC)cc1C. The van der Waals surface area contributed by atoms with Gasteiger partial charge in [0, 0.05) is 11.6 Å². The predicted octanol–water partition coefficient (Wildman–Crippen LogP) is 4.05. The highest BCUT2D eigenvalue weighted by molar-refractivity contribution is 5.96. The molecular formula is C17H27NO2. The Balaban J connectivity index is 3.05. The highest BCUT2D eigenvalue weighted by atomic mass is 16.5. The van der Waals surface area contributed by atoms with E-state index in [-0.39, 0.29) is 11.9 Å². The van der Waals surface area contributed by atoms with Gasteiger partial charge in [-0.1, -0.05) is 27.2 Å². The molecule has 0 fully saturated rings. The average Bonchev–Trinajstić information content (AvgIpc) is 2.37. The van der Waals surface area contributed by atoms with Crippen LogP contribution >= 0.6 is 0 Å². The Kier molecular flexibility index (Phi) is 6.05. The Hall–Kier alpha value is -1.51. The average molecular weight is 277 g/mol. The van der Waals surface area contributed by atoms with Crippen LogP contribution in [0, 0.1) is 6.92 Å². The first-order chi connectivity index (χ1) is 9.40. The standard InChI is InChI=1S/C17H27NO2/c1-7-8-13(5)18-17(19)15-10-14(11(2)3)16(20-6)9-12(15)4/h9-11,13H,7-8H2,1-6H3,(H,18,19)/t13-/m1/s1. The van der Waals surface area contributed by atoms with Crippen LogP contribution in [0.3, 0.4) is 0 Å². The number of amides is 1. The van der Waals surface area contributed by atoms with E-state index in [0.717, 1.165) is 35.3 Å². The highest BCUT2D eigenvalue weighted by Crippen LogP contribution is 2.29. The quantitative estimate of drug-likeness (QED) is 0.852. The van der Waals surface area contributed by atoms with Crippen LogP contribution < -0.4 is 10.1 Å². The molecule has 0 aliphatic carbocycles. The van der Waals surface area contributed by atoms with Crippen LogP contribution in [0.2, 0.25) is 0 Å². The smallest absolute Gasteiger partial charge is 0.251 e. The molecular weight excluding hydrogens is 250 g/mol. The first kappa shape index (κ1) is 16.5. The van der Waals surface area contributed by atoms with Gasteiger partial charge in [-0.25, -0.2) is 0 Å². The van der Waals surface area contributed by atoms with Gasteiger partial charge < -0.3 is 10.1 Å². The summed E-state index contributed by atoms with van der Waals surface area (Å²) in [4.78, 5) is 12.4. The van der Waals surface area contributed by atoms with Crippen molar-refractivity contribution in [3.05, 3.63) is 28.8 Å². The van der Waals surface area contributed by atoms with Crippen LogP contribution in [0.4, 0.5) is 0 Å². The number of carbonyl (C=O) groups is 1. The van der Waals surface area contributed by atoms with E-state index in [0.29, 0.717) is 5.92 Å². The maximum absolute atomic E-state index is 12.4. The summed E-state index contributed by atoms with van der Waals surface area (Å²) in [5, 5.41) is 3.06. The van der Waals surface area contributed by atoms with Crippen LogP contribution in [0.15, 0.2) is 12.1 Å². The summed E-state index contributed by atoms with van der Waals surface area (Å²) in [7, 11) is 1.67. The molecule has 0 saturated heterocycles. The Morgan fingerprint density at radius 2 is 1.95 bits per heavy atom. The maximum atomic E-state index is 12.4. The summed E-state index contributed by atoms with van der Waals surface area (Å²) in [6.07, 6.45) is 2.07. The van der Waals surface area contributed by atoms with E-state index in [9.17, 15) is 4.79 Å². The van der Waals surface area contributed by atoms with Crippen LogP contribution in [-0.4, -0.2) is 19.1 Å². The van der Waals surface area contributed by atoms with Gasteiger partial charge in [0.2, 0.25) is 0 Å². The third kappa shape index (κ3) is 3.99. The van der Waals surface area contributed by atoms with Crippen LogP contribution in [-0.2, 0) is 0 Å². The van der Waals surface area contributed by atoms with Gasteiger partial charge in [0.15, 0.2) is 0 Å². The zero-order chi connectivity index (χ0) is 15.3. The molecule has 0 spiro atoms. The molecule has 1 rings (SSSR count). The highest BCUT2D eigenvalue weighted by Gasteiger charge is 2.16. The number of rotatable bonds is 6. The van der Waals surface area contributed by atoms with Crippen molar-refractivity contribution in [3.63, 3.8) is 0 Å². The summed E-state index contributed by atoms with van der Waals surface area (Å²) in [6.45, 7) is 10.3. The molecule has 1 aromatic carbocycles. The van der Waals surface area contributed by atoms with Crippen molar-refractivity contribution in [1.29, 1.82) is 0 Å². The monoisotopic (exact) mass is 277 g/mol. The Bertz CT molecular complexity index is 466. The zero-order valence-corrected chi connectivity index (χ0v) is 13.5. The number of nitrogens with one attached hydrogen (secondary N) is 1. The van der Waals surface area contributed by atoms with Crippen molar-refractivity contribution >= 4 is 5.91 Å². The molecule has 1 aromatic rings. The molecule has 0 radical (unpaired) electrons. The number of aryl methyl sites for hydroxylation is 1. The number of hydrogen-bond acceptors (Lipinski definition) is 2. The van der Waals surface area contributed by atoms with Gasteiger partial charge in [-0.15, -0.1) is 0 Å². The summed E-state index contributed by atoms with van der Waals surface area (Å²) in [6, 6.07) is 4.12. The lowest BCUT2D eigenvalue weighted by atomic mass is 9.96. The molecule has 0 aliphatic heterocycles. The second-order valence-corrected chi connectivity index (χ2v) is 5.73. The molecule has 3 nitrogen and oxygen atoms in total. The van der Waals surface area contributed by atoms with Crippen molar-refractivity contribution in [3.8, 4) is 5.75 Å². The molecule has 1 atom stereocenters. The molecule has 0 saturated carbocycles. The number of carbonyl (C=O) groups excluding carboxylic acids is 1.